The number of carbonyl (C=O) groups excluding carboxylic acids is 1. The van der Waals surface area contributed by atoms with Crippen molar-refractivity contribution < 1.29 is 4.79 Å². The second-order valence-corrected chi connectivity index (χ2v) is 5.62. The smallest absolute Gasteiger partial charge is 0.245 e. The normalized spacial score (nSPS) is 22.1. The second kappa shape index (κ2) is 5.24. The van der Waals surface area contributed by atoms with Crippen molar-refractivity contribution in [3.8, 4) is 0 Å². The maximum absolute atomic E-state index is 12.7. The van der Waals surface area contributed by atoms with Crippen LogP contribution in [0.3, 0.4) is 0 Å². The summed E-state index contributed by atoms with van der Waals surface area (Å²) in [5, 5.41) is 3.38. The summed E-state index contributed by atoms with van der Waals surface area (Å²) < 4.78 is 0. The standard InChI is InChI=1S/C16H22N2O/c1-2-18(13-8-4-5-9-13)16(19)15-11-12-7-3-6-10-14(12)17-15/h3,6-7,10,13,15,17H,2,4-5,8-9,11H2,1H3. The van der Waals surface area contributed by atoms with Crippen molar-refractivity contribution in [2.24, 2.45) is 0 Å². The van der Waals surface area contributed by atoms with E-state index < -0.39 is 0 Å². The van der Waals surface area contributed by atoms with E-state index in [0.717, 1.165) is 18.7 Å². The van der Waals surface area contributed by atoms with Crippen LogP contribution in [0.1, 0.15) is 38.2 Å². The first-order chi connectivity index (χ1) is 9.29. The zero-order chi connectivity index (χ0) is 13.2. The lowest BCUT2D eigenvalue weighted by Crippen LogP contribution is -2.46. The van der Waals surface area contributed by atoms with Crippen LogP contribution in [0, 0.1) is 0 Å². The molecule has 3 nitrogen and oxygen atoms in total. The first kappa shape index (κ1) is 12.5. The van der Waals surface area contributed by atoms with Crippen molar-refractivity contribution in [1.29, 1.82) is 0 Å². The van der Waals surface area contributed by atoms with Crippen LogP contribution in [0.25, 0.3) is 0 Å². The SMILES string of the molecule is CCN(C(=O)C1Cc2ccccc2N1)C1CCCC1. The molecule has 1 saturated carbocycles. The minimum atomic E-state index is -0.0575. The summed E-state index contributed by atoms with van der Waals surface area (Å²) in [7, 11) is 0. The Labute approximate surface area is 115 Å². The minimum Gasteiger partial charge on any atom is -0.373 e. The largest absolute Gasteiger partial charge is 0.373 e. The van der Waals surface area contributed by atoms with Gasteiger partial charge in [0.2, 0.25) is 5.91 Å². The zero-order valence-electron chi connectivity index (χ0n) is 11.6. The van der Waals surface area contributed by atoms with Gasteiger partial charge in [-0.05, 0) is 31.4 Å². The summed E-state index contributed by atoms with van der Waals surface area (Å²) in [6.45, 7) is 2.93. The predicted octanol–water partition coefficient (Wildman–Crippen LogP) is 2.81. The molecule has 2 aliphatic rings. The number of amides is 1. The van der Waals surface area contributed by atoms with Gasteiger partial charge in [-0.3, -0.25) is 4.79 Å². The van der Waals surface area contributed by atoms with Crippen molar-refractivity contribution in [2.75, 3.05) is 11.9 Å². The highest BCUT2D eigenvalue weighted by molar-refractivity contribution is 5.87. The summed E-state index contributed by atoms with van der Waals surface area (Å²) in [5.74, 6) is 0.283. The Morgan fingerprint density at radius 2 is 2.05 bits per heavy atom. The van der Waals surface area contributed by atoms with E-state index in [1.807, 2.05) is 12.1 Å². The molecular weight excluding hydrogens is 236 g/mol. The Balaban J connectivity index is 1.71. The highest BCUT2D eigenvalue weighted by Crippen LogP contribution is 2.29. The fourth-order valence-corrected chi connectivity index (χ4v) is 3.46. The number of nitrogens with zero attached hydrogens (tertiary/aromatic N) is 1. The van der Waals surface area contributed by atoms with E-state index in [2.05, 4.69) is 29.3 Å². The fourth-order valence-electron chi connectivity index (χ4n) is 3.46. The molecule has 19 heavy (non-hydrogen) atoms. The third kappa shape index (κ3) is 2.34. The third-order valence-electron chi connectivity index (χ3n) is 4.46. The molecule has 1 atom stereocenters. The van der Waals surface area contributed by atoms with Gasteiger partial charge in [0.1, 0.15) is 6.04 Å². The van der Waals surface area contributed by atoms with E-state index in [0.29, 0.717) is 6.04 Å². The molecule has 1 aliphatic carbocycles. The fraction of sp³-hybridized carbons (Fsp3) is 0.562. The van der Waals surface area contributed by atoms with Crippen LogP contribution >= 0.6 is 0 Å². The van der Waals surface area contributed by atoms with E-state index in [-0.39, 0.29) is 11.9 Å². The van der Waals surface area contributed by atoms with Gasteiger partial charge in [0.15, 0.2) is 0 Å². The summed E-state index contributed by atoms with van der Waals surface area (Å²) in [4.78, 5) is 14.8. The van der Waals surface area contributed by atoms with Crippen LogP contribution in [0.15, 0.2) is 24.3 Å². The van der Waals surface area contributed by atoms with Gasteiger partial charge in [0.25, 0.3) is 0 Å². The highest BCUT2D eigenvalue weighted by Gasteiger charge is 2.33. The van der Waals surface area contributed by atoms with E-state index >= 15 is 0 Å². The topological polar surface area (TPSA) is 32.3 Å². The lowest BCUT2D eigenvalue weighted by molar-refractivity contribution is -0.133. The number of anilines is 1. The highest BCUT2D eigenvalue weighted by atomic mass is 16.2. The molecule has 0 radical (unpaired) electrons. The van der Waals surface area contributed by atoms with Crippen LogP contribution < -0.4 is 5.32 Å². The average molecular weight is 258 g/mol. The van der Waals surface area contributed by atoms with Crippen LogP contribution in [-0.4, -0.2) is 29.4 Å². The molecule has 3 rings (SSSR count). The van der Waals surface area contributed by atoms with Crippen LogP contribution in [-0.2, 0) is 11.2 Å². The number of hydrogen-bond donors (Lipinski definition) is 1. The quantitative estimate of drug-likeness (QED) is 0.904. The Kier molecular flexibility index (Phi) is 3.45. The van der Waals surface area contributed by atoms with Crippen LogP contribution in [0.4, 0.5) is 5.69 Å². The monoisotopic (exact) mass is 258 g/mol. The number of benzene rings is 1. The van der Waals surface area contributed by atoms with Crippen molar-refractivity contribution >= 4 is 11.6 Å². The molecule has 1 aromatic carbocycles. The summed E-state index contributed by atoms with van der Waals surface area (Å²) in [6.07, 6.45) is 5.73. The van der Waals surface area contributed by atoms with Crippen LogP contribution in [0.5, 0.6) is 0 Å². The molecule has 3 heteroatoms. The van der Waals surface area contributed by atoms with Crippen molar-refractivity contribution in [3.63, 3.8) is 0 Å². The third-order valence-corrected chi connectivity index (χ3v) is 4.46. The molecule has 1 fully saturated rings. The number of hydrogen-bond acceptors (Lipinski definition) is 2. The van der Waals surface area contributed by atoms with Gasteiger partial charge in [-0.25, -0.2) is 0 Å². The van der Waals surface area contributed by atoms with Crippen molar-refractivity contribution in [3.05, 3.63) is 29.8 Å². The Hall–Kier alpha value is -1.51. The van der Waals surface area contributed by atoms with E-state index in [1.54, 1.807) is 0 Å². The van der Waals surface area contributed by atoms with Gasteiger partial charge < -0.3 is 10.2 Å². The summed E-state index contributed by atoms with van der Waals surface area (Å²) in [6, 6.07) is 8.66. The lowest BCUT2D eigenvalue weighted by Gasteiger charge is -2.30. The van der Waals surface area contributed by atoms with Gasteiger partial charge in [-0.2, -0.15) is 0 Å². The van der Waals surface area contributed by atoms with Gasteiger partial charge in [0, 0.05) is 24.7 Å². The van der Waals surface area contributed by atoms with Crippen molar-refractivity contribution in [2.45, 2.75) is 51.1 Å². The molecule has 1 N–H and O–H groups in total. The number of para-hydroxylation sites is 1. The minimum absolute atomic E-state index is 0.0575. The van der Waals surface area contributed by atoms with Crippen molar-refractivity contribution in [1.82, 2.24) is 4.90 Å². The summed E-state index contributed by atoms with van der Waals surface area (Å²) in [5.41, 5.74) is 2.40. The number of likely N-dealkylation sites (N-methyl/N-ethyl adjacent to an activating group) is 1. The van der Waals surface area contributed by atoms with E-state index in [1.165, 1.54) is 31.2 Å². The van der Waals surface area contributed by atoms with E-state index in [9.17, 15) is 4.79 Å². The molecule has 1 aromatic rings. The Bertz CT molecular complexity index is 441. The molecule has 1 heterocycles. The Morgan fingerprint density at radius 1 is 1.32 bits per heavy atom. The molecule has 0 bridgehead atoms. The molecule has 0 aromatic heterocycles. The number of rotatable bonds is 3. The van der Waals surface area contributed by atoms with Gasteiger partial charge in [-0.15, -0.1) is 0 Å². The summed E-state index contributed by atoms with van der Waals surface area (Å²) >= 11 is 0. The molecule has 0 spiro atoms. The molecule has 1 aliphatic heterocycles. The average Bonchev–Trinajstić information content (AvgIpc) is 3.08. The van der Waals surface area contributed by atoms with E-state index in [4.69, 9.17) is 0 Å². The molecular formula is C16H22N2O. The lowest BCUT2D eigenvalue weighted by atomic mass is 10.1. The number of nitrogens with one attached hydrogen (secondary N) is 1. The Morgan fingerprint density at radius 3 is 2.74 bits per heavy atom. The second-order valence-electron chi connectivity index (χ2n) is 5.62. The van der Waals surface area contributed by atoms with Gasteiger partial charge in [0.05, 0.1) is 0 Å². The number of fused-ring (bicyclic) bond motifs is 1. The molecule has 1 amide bonds. The van der Waals surface area contributed by atoms with Gasteiger partial charge >= 0.3 is 0 Å². The van der Waals surface area contributed by atoms with Gasteiger partial charge in [-0.1, -0.05) is 31.0 Å². The maximum Gasteiger partial charge on any atom is 0.245 e. The maximum atomic E-state index is 12.7. The van der Waals surface area contributed by atoms with Crippen LogP contribution in [0.2, 0.25) is 0 Å². The molecule has 0 saturated heterocycles. The first-order valence-corrected chi connectivity index (χ1v) is 7.44. The zero-order valence-corrected chi connectivity index (χ0v) is 11.6. The number of carbonyl (C=O) groups is 1. The molecule has 1 unspecified atom stereocenters. The molecule has 102 valence electrons. The predicted molar refractivity (Wildman–Crippen MR) is 77.2 cm³/mol. The first-order valence-electron chi connectivity index (χ1n) is 7.44.